The summed E-state index contributed by atoms with van der Waals surface area (Å²) in [6.07, 6.45) is 0.805. The van der Waals surface area contributed by atoms with Crippen LogP contribution in [0.3, 0.4) is 0 Å². The Hall–Kier alpha value is -1.76. The zero-order chi connectivity index (χ0) is 15.8. The third kappa shape index (κ3) is 5.55. The van der Waals surface area contributed by atoms with Crippen molar-refractivity contribution in [3.8, 4) is 5.75 Å². The van der Waals surface area contributed by atoms with E-state index in [0.29, 0.717) is 6.54 Å². The van der Waals surface area contributed by atoms with Crippen LogP contribution in [0.1, 0.15) is 5.56 Å². The fourth-order valence-electron chi connectivity index (χ4n) is 1.98. The van der Waals surface area contributed by atoms with Gasteiger partial charge >= 0.3 is 0 Å². The van der Waals surface area contributed by atoms with E-state index in [1.165, 1.54) is 5.56 Å². The molecular formula is C17H19IN2O2. The van der Waals surface area contributed by atoms with Crippen LogP contribution in [0.25, 0.3) is 0 Å². The predicted molar refractivity (Wildman–Crippen MR) is 97.4 cm³/mol. The van der Waals surface area contributed by atoms with Crippen molar-refractivity contribution in [2.75, 3.05) is 25.5 Å². The molecule has 0 aliphatic heterocycles. The van der Waals surface area contributed by atoms with Gasteiger partial charge in [0.1, 0.15) is 5.75 Å². The van der Waals surface area contributed by atoms with Gasteiger partial charge < -0.3 is 15.4 Å². The molecular weight excluding hydrogens is 391 g/mol. The lowest BCUT2D eigenvalue weighted by molar-refractivity contribution is -0.119. The quantitative estimate of drug-likeness (QED) is 0.690. The maximum absolute atomic E-state index is 11.8. The molecule has 2 N–H and O–H groups in total. The molecule has 2 rings (SSSR count). The van der Waals surface area contributed by atoms with Crippen molar-refractivity contribution in [3.05, 3.63) is 57.7 Å². The predicted octanol–water partition coefficient (Wildman–Crippen LogP) is 3.07. The lowest BCUT2D eigenvalue weighted by atomic mass is 10.1. The third-order valence-electron chi connectivity index (χ3n) is 3.17. The molecule has 0 unspecified atom stereocenters. The van der Waals surface area contributed by atoms with Crippen LogP contribution < -0.4 is 15.4 Å². The maximum Gasteiger partial charge on any atom is 0.239 e. The van der Waals surface area contributed by atoms with Crippen molar-refractivity contribution in [2.45, 2.75) is 6.42 Å². The van der Waals surface area contributed by atoms with Gasteiger partial charge in [0.2, 0.25) is 5.91 Å². The van der Waals surface area contributed by atoms with Crippen LogP contribution in [-0.2, 0) is 11.2 Å². The van der Waals surface area contributed by atoms with Crippen molar-refractivity contribution >= 4 is 34.2 Å². The largest absolute Gasteiger partial charge is 0.497 e. The van der Waals surface area contributed by atoms with E-state index in [4.69, 9.17) is 4.74 Å². The summed E-state index contributed by atoms with van der Waals surface area (Å²) in [5.41, 5.74) is 2.13. The molecule has 0 atom stereocenters. The summed E-state index contributed by atoms with van der Waals surface area (Å²) < 4.78 is 6.26. The summed E-state index contributed by atoms with van der Waals surface area (Å²) in [7, 11) is 1.65. The van der Waals surface area contributed by atoms with Crippen LogP contribution in [0.4, 0.5) is 5.69 Å². The number of halogens is 1. The van der Waals surface area contributed by atoms with Gasteiger partial charge in [0.05, 0.1) is 13.7 Å². The SMILES string of the molecule is COc1ccc(CCNC(=O)CNc2cccc(I)c2)cc1. The number of anilines is 1. The number of hydrogen-bond acceptors (Lipinski definition) is 3. The van der Waals surface area contributed by atoms with Crippen LogP contribution in [0.5, 0.6) is 5.75 Å². The first-order valence-corrected chi connectivity index (χ1v) is 8.14. The smallest absolute Gasteiger partial charge is 0.239 e. The van der Waals surface area contributed by atoms with Crippen molar-refractivity contribution < 1.29 is 9.53 Å². The highest BCUT2D eigenvalue weighted by atomic mass is 127. The summed E-state index contributed by atoms with van der Waals surface area (Å²) in [4.78, 5) is 11.8. The molecule has 22 heavy (non-hydrogen) atoms. The van der Waals surface area contributed by atoms with E-state index in [1.54, 1.807) is 7.11 Å². The molecule has 0 radical (unpaired) electrons. The zero-order valence-electron chi connectivity index (χ0n) is 12.4. The number of benzene rings is 2. The number of ether oxygens (including phenoxy) is 1. The molecule has 116 valence electrons. The van der Waals surface area contributed by atoms with Crippen LogP contribution in [0, 0.1) is 3.57 Å². The van der Waals surface area contributed by atoms with E-state index in [1.807, 2.05) is 48.5 Å². The van der Waals surface area contributed by atoms with Crippen LogP contribution >= 0.6 is 22.6 Å². The molecule has 0 bridgehead atoms. The van der Waals surface area contributed by atoms with E-state index in [0.717, 1.165) is 21.4 Å². The van der Waals surface area contributed by atoms with Crippen LogP contribution in [0.15, 0.2) is 48.5 Å². The lowest BCUT2D eigenvalue weighted by Gasteiger charge is -2.08. The second-order valence-electron chi connectivity index (χ2n) is 4.81. The summed E-state index contributed by atoms with van der Waals surface area (Å²) in [6.45, 7) is 0.905. The molecule has 0 aliphatic rings. The number of amides is 1. The number of carbonyl (C=O) groups is 1. The van der Waals surface area contributed by atoms with Gasteiger partial charge in [0, 0.05) is 15.8 Å². The minimum atomic E-state index is -0.00706. The Labute approximate surface area is 144 Å². The highest BCUT2D eigenvalue weighted by Crippen LogP contribution is 2.12. The van der Waals surface area contributed by atoms with E-state index in [9.17, 15) is 4.79 Å². The Kier molecular flexibility index (Phi) is 6.51. The molecule has 0 aliphatic carbocycles. The first-order valence-electron chi connectivity index (χ1n) is 7.06. The molecule has 0 fully saturated rings. The number of hydrogen-bond donors (Lipinski definition) is 2. The second-order valence-corrected chi connectivity index (χ2v) is 6.06. The van der Waals surface area contributed by atoms with Gasteiger partial charge in [-0.1, -0.05) is 18.2 Å². The van der Waals surface area contributed by atoms with Gasteiger partial charge in [0.15, 0.2) is 0 Å². The molecule has 1 amide bonds. The Balaban J connectivity index is 1.69. The van der Waals surface area contributed by atoms with Gasteiger partial charge in [-0.15, -0.1) is 0 Å². The summed E-state index contributed by atoms with van der Waals surface area (Å²) in [5, 5.41) is 6.03. The van der Waals surface area contributed by atoms with Crippen molar-refractivity contribution in [1.82, 2.24) is 5.32 Å². The normalized spacial score (nSPS) is 10.1. The molecule has 2 aromatic carbocycles. The fraction of sp³-hybridized carbons (Fsp3) is 0.235. The molecule has 0 saturated carbocycles. The maximum atomic E-state index is 11.8. The third-order valence-corrected chi connectivity index (χ3v) is 3.84. The Morgan fingerprint density at radius 3 is 2.64 bits per heavy atom. The topological polar surface area (TPSA) is 50.4 Å². The van der Waals surface area contributed by atoms with Crippen LogP contribution in [-0.4, -0.2) is 26.1 Å². The van der Waals surface area contributed by atoms with Gasteiger partial charge in [0.25, 0.3) is 0 Å². The molecule has 0 spiro atoms. The Bertz CT molecular complexity index is 614. The lowest BCUT2D eigenvalue weighted by Crippen LogP contribution is -2.31. The second kappa shape index (κ2) is 8.63. The van der Waals surface area contributed by atoms with E-state index in [-0.39, 0.29) is 12.5 Å². The van der Waals surface area contributed by atoms with Gasteiger partial charge in [-0.2, -0.15) is 0 Å². The number of nitrogens with one attached hydrogen (secondary N) is 2. The minimum absolute atomic E-state index is 0.00706. The summed E-state index contributed by atoms with van der Waals surface area (Å²) in [6, 6.07) is 15.8. The zero-order valence-corrected chi connectivity index (χ0v) is 14.6. The summed E-state index contributed by atoms with van der Waals surface area (Å²) in [5.74, 6) is 0.835. The monoisotopic (exact) mass is 410 g/mol. The number of rotatable bonds is 7. The average Bonchev–Trinajstić information content (AvgIpc) is 2.54. The van der Waals surface area contributed by atoms with E-state index in [2.05, 4.69) is 33.2 Å². The standard InChI is InChI=1S/C17H19IN2O2/c1-22-16-7-5-13(6-8-16)9-10-19-17(21)12-20-15-4-2-3-14(18)11-15/h2-8,11,20H,9-10,12H2,1H3,(H,19,21). The molecule has 0 aromatic heterocycles. The molecule has 0 saturated heterocycles. The van der Waals surface area contributed by atoms with E-state index >= 15 is 0 Å². The highest BCUT2D eigenvalue weighted by molar-refractivity contribution is 14.1. The molecule has 5 heteroatoms. The number of carbonyl (C=O) groups excluding carboxylic acids is 1. The van der Waals surface area contributed by atoms with Gasteiger partial charge in [-0.25, -0.2) is 0 Å². The van der Waals surface area contributed by atoms with Crippen molar-refractivity contribution in [3.63, 3.8) is 0 Å². The molecule has 4 nitrogen and oxygen atoms in total. The average molecular weight is 410 g/mol. The van der Waals surface area contributed by atoms with E-state index < -0.39 is 0 Å². The Morgan fingerprint density at radius 2 is 1.95 bits per heavy atom. The first kappa shape index (κ1) is 16.6. The summed E-state index contributed by atoms with van der Waals surface area (Å²) >= 11 is 2.25. The van der Waals surface area contributed by atoms with Crippen LogP contribution in [0.2, 0.25) is 0 Å². The van der Waals surface area contributed by atoms with Crippen molar-refractivity contribution in [2.24, 2.45) is 0 Å². The van der Waals surface area contributed by atoms with Gasteiger partial charge in [-0.05, 0) is 64.9 Å². The molecule has 0 heterocycles. The first-order chi connectivity index (χ1) is 10.7. The van der Waals surface area contributed by atoms with Gasteiger partial charge in [-0.3, -0.25) is 4.79 Å². The number of methoxy groups -OCH3 is 1. The minimum Gasteiger partial charge on any atom is -0.497 e. The molecule has 2 aromatic rings. The van der Waals surface area contributed by atoms with Crippen molar-refractivity contribution in [1.29, 1.82) is 0 Å². The Morgan fingerprint density at radius 1 is 1.18 bits per heavy atom. The highest BCUT2D eigenvalue weighted by Gasteiger charge is 2.01. The fourth-order valence-corrected chi connectivity index (χ4v) is 2.52.